The van der Waals surface area contributed by atoms with Crippen LogP contribution in [-0.2, 0) is 6.54 Å². The van der Waals surface area contributed by atoms with Gasteiger partial charge in [0, 0.05) is 24.3 Å². The van der Waals surface area contributed by atoms with Gasteiger partial charge in [-0.15, -0.1) is 0 Å². The first-order valence-electron chi connectivity index (χ1n) is 6.80. The van der Waals surface area contributed by atoms with Gasteiger partial charge in [0.15, 0.2) is 0 Å². The highest BCUT2D eigenvalue weighted by molar-refractivity contribution is 5.79. The van der Waals surface area contributed by atoms with E-state index in [0.29, 0.717) is 0 Å². The summed E-state index contributed by atoms with van der Waals surface area (Å²) in [6.07, 6.45) is 6.21. The predicted octanol–water partition coefficient (Wildman–Crippen LogP) is 2.56. The molecule has 3 nitrogen and oxygen atoms in total. The molecule has 0 bridgehead atoms. The first-order chi connectivity index (χ1) is 8.83. The molecule has 0 amide bonds. The number of benzene rings is 1. The molecule has 1 heterocycles. The van der Waals surface area contributed by atoms with E-state index in [0.717, 1.165) is 25.8 Å². The van der Waals surface area contributed by atoms with Crippen molar-refractivity contribution in [2.45, 2.75) is 44.4 Å². The second kappa shape index (κ2) is 5.12. The Morgan fingerprint density at radius 2 is 2.11 bits per heavy atom. The zero-order valence-corrected chi connectivity index (χ0v) is 10.5. The molecule has 3 heteroatoms. The molecule has 2 atom stereocenters. The van der Waals surface area contributed by atoms with Crippen LogP contribution in [0.2, 0.25) is 0 Å². The summed E-state index contributed by atoms with van der Waals surface area (Å²) < 4.78 is 0. The normalized spacial score (nSPS) is 24.5. The van der Waals surface area contributed by atoms with E-state index in [2.05, 4.69) is 34.6 Å². The lowest BCUT2D eigenvalue weighted by atomic mass is 9.92. The minimum absolute atomic E-state index is 0.173. The summed E-state index contributed by atoms with van der Waals surface area (Å²) in [7, 11) is 0. The van der Waals surface area contributed by atoms with E-state index in [-0.39, 0.29) is 12.1 Å². The molecule has 1 saturated carbocycles. The molecule has 2 unspecified atom stereocenters. The fourth-order valence-corrected chi connectivity index (χ4v) is 2.80. The molecular formula is C15H20N2O. The number of fused-ring (bicyclic) bond motifs is 1. The summed E-state index contributed by atoms with van der Waals surface area (Å²) in [4.78, 5) is 3.23. The molecule has 1 aromatic carbocycles. The molecule has 3 rings (SSSR count). The maximum absolute atomic E-state index is 9.92. The quantitative estimate of drug-likeness (QED) is 0.777. The Labute approximate surface area is 107 Å². The van der Waals surface area contributed by atoms with Gasteiger partial charge in [0.2, 0.25) is 0 Å². The van der Waals surface area contributed by atoms with Crippen LogP contribution in [0.5, 0.6) is 0 Å². The summed E-state index contributed by atoms with van der Waals surface area (Å²) in [6, 6.07) is 8.81. The van der Waals surface area contributed by atoms with E-state index in [9.17, 15) is 5.11 Å². The molecule has 1 aromatic heterocycles. The highest BCUT2D eigenvalue weighted by Crippen LogP contribution is 2.19. The van der Waals surface area contributed by atoms with Gasteiger partial charge in [-0.3, -0.25) is 0 Å². The lowest BCUT2D eigenvalue weighted by Crippen LogP contribution is -2.41. The smallest absolute Gasteiger partial charge is 0.0693 e. The van der Waals surface area contributed by atoms with Crippen LogP contribution < -0.4 is 5.32 Å². The molecule has 96 valence electrons. The third kappa shape index (κ3) is 2.42. The van der Waals surface area contributed by atoms with Gasteiger partial charge in [0.1, 0.15) is 0 Å². The van der Waals surface area contributed by atoms with Crippen molar-refractivity contribution in [2.75, 3.05) is 0 Å². The molecule has 0 spiro atoms. The van der Waals surface area contributed by atoms with Gasteiger partial charge < -0.3 is 15.4 Å². The second-order valence-corrected chi connectivity index (χ2v) is 5.24. The van der Waals surface area contributed by atoms with E-state index in [1.165, 1.54) is 22.9 Å². The van der Waals surface area contributed by atoms with Crippen LogP contribution in [0, 0.1) is 0 Å². The van der Waals surface area contributed by atoms with Crippen LogP contribution in [0.15, 0.2) is 30.5 Å². The minimum Gasteiger partial charge on any atom is -0.392 e. The Morgan fingerprint density at radius 3 is 3.00 bits per heavy atom. The number of nitrogens with one attached hydrogen (secondary N) is 2. The Kier molecular flexibility index (Phi) is 3.35. The van der Waals surface area contributed by atoms with Crippen molar-refractivity contribution in [3.63, 3.8) is 0 Å². The van der Waals surface area contributed by atoms with Gasteiger partial charge in [-0.1, -0.05) is 25.0 Å². The topological polar surface area (TPSA) is 48.0 Å². The fourth-order valence-electron chi connectivity index (χ4n) is 2.80. The third-order valence-corrected chi connectivity index (χ3v) is 3.92. The average Bonchev–Trinajstić information content (AvgIpc) is 2.85. The lowest BCUT2D eigenvalue weighted by molar-refractivity contribution is 0.0903. The highest BCUT2D eigenvalue weighted by atomic mass is 16.3. The molecule has 1 aliphatic rings. The summed E-state index contributed by atoms with van der Waals surface area (Å²) >= 11 is 0. The number of aliphatic hydroxyl groups is 1. The zero-order chi connectivity index (χ0) is 12.4. The first kappa shape index (κ1) is 11.8. The van der Waals surface area contributed by atoms with E-state index in [1.54, 1.807) is 0 Å². The lowest BCUT2D eigenvalue weighted by Gasteiger charge is -2.28. The van der Waals surface area contributed by atoms with Crippen LogP contribution in [0.25, 0.3) is 10.9 Å². The highest BCUT2D eigenvalue weighted by Gasteiger charge is 2.21. The zero-order valence-electron chi connectivity index (χ0n) is 10.5. The number of aromatic nitrogens is 1. The summed E-state index contributed by atoms with van der Waals surface area (Å²) in [6.45, 7) is 0.830. The number of hydrogen-bond acceptors (Lipinski definition) is 2. The fraction of sp³-hybridized carbons (Fsp3) is 0.467. The van der Waals surface area contributed by atoms with Crippen molar-refractivity contribution in [3.05, 3.63) is 36.0 Å². The number of hydrogen-bond donors (Lipinski definition) is 3. The van der Waals surface area contributed by atoms with Gasteiger partial charge in [0.05, 0.1) is 6.10 Å². The van der Waals surface area contributed by atoms with Crippen molar-refractivity contribution < 1.29 is 5.11 Å². The maximum Gasteiger partial charge on any atom is 0.0693 e. The first-order valence-corrected chi connectivity index (χ1v) is 6.80. The van der Waals surface area contributed by atoms with E-state index >= 15 is 0 Å². The summed E-state index contributed by atoms with van der Waals surface area (Å²) in [5, 5.41) is 14.6. The molecule has 18 heavy (non-hydrogen) atoms. The van der Waals surface area contributed by atoms with Gasteiger partial charge in [-0.25, -0.2) is 0 Å². The Bertz CT molecular complexity index is 520. The standard InChI is InChI=1S/C15H20N2O/c18-15-4-2-1-3-13(15)17-10-11-5-6-12-7-8-16-14(12)9-11/h5-9,13,15-18H,1-4,10H2. The molecule has 1 aliphatic carbocycles. The number of aromatic amines is 1. The molecule has 3 N–H and O–H groups in total. The van der Waals surface area contributed by atoms with Crippen LogP contribution in [-0.4, -0.2) is 22.2 Å². The molecule has 0 radical (unpaired) electrons. The third-order valence-electron chi connectivity index (χ3n) is 3.92. The monoisotopic (exact) mass is 244 g/mol. The average molecular weight is 244 g/mol. The van der Waals surface area contributed by atoms with Crippen LogP contribution in [0.4, 0.5) is 0 Å². The van der Waals surface area contributed by atoms with Crippen LogP contribution >= 0.6 is 0 Å². The molecule has 0 saturated heterocycles. The SMILES string of the molecule is OC1CCCCC1NCc1ccc2cc[nH]c2c1. The summed E-state index contributed by atoms with van der Waals surface area (Å²) in [5.74, 6) is 0. The van der Waals surface area contributed by atoms with Gasteiger partial charge in [-0.05, 0) is 35.9 Å². The molecule has 2 aromatic rings. The van der Waals surface area contributed by atoms with E-state index in [1.807, 2.05) is 6.20 Å². The Morgan fingerprint density at radius 1 is 1.22 bits per heavy atom. The van der Waals surface area contributed by atoms with Gasteiger partial charge >= 0.3 is 0 Å². The van der Waals surface area contributed by atoms with Crippen molar-refractivity contribution in [3.8, 4) is 0 Å². The second-order valence-electron chi connectivity index (χ2n) is 5.24. The predicted molar refractivity (Wildman–Crippen MR) is 73.4 cm³/mol. The number of rotatable bonds is 3. The largest absolute Gasteiger partial charge is 0.392 e. The van der Waals surface area contributed by atoms with Crippen molar-refractivity contribution in [1.29, 1.82) is 0 Å². The van der Waals surface area contributed by atoms with Gasteiger partial charge in [0.25, 0.3) is 0 Å². The van der Waals surface area contributed by atoms with Crippen molar-refractivity contribution in [1.82, 2.24) is 10.3 Å². The molecular weight excluding hydrogens is 224 g/mol. The number of H-pyrrole nitrogens is 1. The molecule has 0 aliphatic heterocycles. The Hall–Kier alpha value is -1.32. The van der Waals surface area contributed by atoms with Crippen molar-refractivity contribution >= 4 is 10.9 Å². The van der Waals surface area contributed by atoms with Crippen molar-refractivity contribution in [2.24, 2.45) is 0 Å². The van der Waals surface area contributed by atoms with E-state index < -0.39 is 0 Å². The van der Waals surface area contributed by atoms with Crippen LogP contribution in [0.1, 0.15) is 31.2 Å². The number of aliphatic hydroxyl groups excluding tert-OH is 1. The van der Waals surface area contributed by atoms with E-state index in [4.69, 9.17) is 0 Å². The molecule has 1 fully saturated rings. The minimum atomic E-state index is -0.173. The van der Waals surface area contributed by atoms with Crippen LogP contribution in [0.3, 0.4) is 0 Å². The summed E-state index contributed by atoms with van der Waals surface area (Å²) in [5.41, 5.74) is 2.45. The Balaban J connectivity index is 1.65. The van der Waals surface area contributed by atoms with Gasteiger partial charge in [-0.2, -0.15) is 0 Å². The maximum atomic E-state index is 9.92.